The average molecular weight is 172 g/mol. The number of hydrogen-bond donors (Lipinski definition) is 1. The summed E-state index contributed by atoms with van der Waals surface area (Å²) in [5.41, 5.74) is 0.352. The first-order valence-electron chi connectivity index (χ1n) is 3.00. The zero-order valence-electron chi connectivity index (χ0n) is 6.25. The van der Waals surface area contributed by atoms with E-state index in [1.165, 1.54) is 10.3 Å². The predicted octanol–water partition coefficient (Wildman–Crippen LogP) is 0.138. The van der Waals surface area contributed by atoms with Crippen molar-refractivity contribution in [1.82, 2.24) is 9.88 Å². The molecule has 1 amide bonds. The normalized spacial score (nSPS) is 9.64. The molecule has 1 N–H and O–H groups in total. The van der Waals surface area contributed by atoms with E-state index in [0.29, 0.717) is 5.69 Å². The monoisotopic (exact) mass is 172 g/mol. The van der Waals surface area contributed by atoms with Crippen LogP contribution in [0, 0.1) is 0 Å². The number of rotatable bonds is 1. The van der Waals surface area contributed by atoms with E-state index in [2.05, 4.69) is 4.98 Å². The van der Waals surface area contributed by atoms with Crippen molar-refractivity contribution >= 4 is 17.2 Å². The van der Waals surface area contributed by atoms with E-state index in [4.69, 9.17) is 0 Å². The Morgan fingerprint density at radius 1 is 1.64 bits per heavy atom. The smallest absolute Gasteiger partial charge is 0.305 e. The highest BCUT2D eigenvalue weighted by Gasteiger charge is 2.08. The zero-order valence-corrected chi connectivity index (χ0v) is 7.07. The standard InChI is InChI=1S/C6H8N2O2S/c1-8(2)5(9)4-3-11-6(10)7-4/h3H,1-2H3,(H,7,10). The fourth-order valence-corrected chi connectivity index (χ4v) is 1.18. The molecular weight excluding hydrogens is 164 g/mol. The molecule has 1 aromatic heterocycles. The van der Waals surface area contributed by atoms with E-state index in [9.17, 15) is 9.59 Å². The first kappa shape index (κ1) is 8.00. The molecule has 0 saturated carbocycles. The number of carbonyl (C=O) groups is 1. The molecule has 0 aliphatic heterocycles. The lowest BCUT2D eigenvalue weighted by Gasteiger charge is -2.06. The van der Waals surface area contributed by atoms with Crippen LogP contribution in [0.4, 0.5) is 0 Å². The van der Waals surface area contributed by atoms with Gasteiger partial charge in [0.1, 0.15) is 5.69 Å². The van der Waals surface area contributed by atoms with Crippen LogP contribution in [0.5, 0.6) is 0 Å². The van der Waals surface area contributed by atoms with Crippen LogP contribution in [0.15, 0.2) is 10.2 Å². The lowest BCUT2D eigenvalue weighted by molar-refractivity contribution is 0.0822. The number of hydrogen-bond acceptors (Lipinski definition) is 3. The van der Waals surface area contributed by atoms with Crippen molar-refractivity contribution in [2.45, 2.75) is 0 Å². The van der Waals surface area contributed by atoms with Gasteiger partial charge in [0.2, 0.25) is 0 Å². The summed E-state index contributed by atoms with van der Waals surface area (Å²) in [5.74, 6) is -0.177. The van der Waals surface area contributed by atoms with Gasteiger partial charge >= 0.3 is 4.87 Å². The molecule has 0 atom stereocenters. The minimum atomic E-state index is -0.199. The summed E-state index contributed by atoms with van der Waals surface area (Å²) in [6, 6.07) is 0. The van der Waals surface area contributed by atoms with Crippen molar-refractivity contribution in [3.8, 4) is 0 Å². The molecular formula is C6H8N2O2S. The number of nitrogens with zero attached hydrogens (tertiary/aromatic N) is 1. The Morgan fingerprint density at radius 3 is 2.64 bits per heavy atom. The number of amides is 1. The van der Waals surface area contributed by atoms with Gasteiger partial charge in [0.05, 0.1) is 0 Å². The molecule has 0 aromatic carbocycles. The van der Waals surface area contributed by atoms with Gasteiger partial charge in [-0.25, -0.2) is 0 Å². The maximum absolute atomic E-state index is 11.1. The highest BCUT2D eigenvalue weighted by molar-refractivity contribution is 7.07. The minimum Gasteiger partial charge on any atom is -0.343 e. The van der Waals surface area contributed by atoms with E-state index in [-0.39, 0.29) is 10.8 Å². The van der Waals surface area contributed by atoms with Gasteiger partial charge in [-0.15, -0.1) is 0 Å². The number of aromatic nitrogens is 1. The van der Waals surface area contributed by atoms with Crippen molar-refractivity contribution in [2.75, 3.05) is 14.1 Å². The van der Waals surface area contributed by atoms with Crippen LogP contribution in [0.1, 0.15) is 10.5 Å². The van der Waals surface area contributed by atoms with E-state index < -0.39 is 0 Å². The highest BCUT2D eigenvalue weighted by atomic mass is 32.1. The molecule has 0 radical (unpaired) electrons. The van der Waals surface area contributed by atoms with Crippen LogP contribution < -0.4 is 4.87 Å². The number of thiazole rings is 1. The summed E-state index contributed by atoms with van der Waals surface area (Å²) in [6.45, 7) is 0. The third kappa shape index (κ3) is 1.68. The Morgan fingerprint density at radius 2 is 2.27 bits per heavy atom. The van der Waals surface area contributed by atoms with E-state index in [1.807, 2.05) is 0 Å². The Balaban J connectivity index is 2.94. The molecule has 60 valence electrons. The molecule has 1 rings (SSSR count). The number of carbonyl (C=O) groups excluding carboxylic acids is 1. The molecule has 0 saturated heterocycles. The van der Waals surface area contributed by atoms with Crippen LogP contribution >= 0.6 is 11.3 Å². The second kappa shape index (κ2) is 2.87. The molecule has 1 aromatic rings. The summed E-state index contributed by atoms with van der Waals surface area (Å²) in [4.78, 5) is 25.4. The van der Waals surface area contributed by atoms with Gasteiger partial charge in [-0.1, -0.05) is 11.3 Å². The maximum Gasteiger partial charge on any atom is 0.305 e. The summed E-state index contributed by atoms with van der Waals surface area (Å²) in [5, 5.41) is 1.52. The molecule has 0 bridgehead atoms. The summed E-state index contributed by atoms with van der Waals surface area (Å²) in [7, 11) is 3.27. The molecule has 5 heteroatoms. The first-order valence-corrected chi connectivity index (χ1v) is 3.88. The van der Waals surface area contributed by atoms with Crippen LogP contribution in [-0.4, -0.2) is 29.9 Å². The summed E-state index contributed by atoms with van der Waals surface area (Å²) < 4.78 is 0. The molecule has 11 heavy (non-hydrogen) atoms. The van der Waals surface area contributed by atoms with E-state index >= 15 is 0 Å². The minimum absolute atomic E-state index is 0.177. The fourth-order valence-electron chi connectivity index (χ4n) is 0.626. The van der Waals surface area contributed by atoms with Crippen molar-refractivity contribution in [3.63, 3.8) is 0 Å². The molecule has 0 fully saturated rings. The molecule has 0 aliphatic carbocycles. The molecule has 0 unspecified atom stereocenters. The lowest BCUT2D eigenvalue weighted by Crippen LogP contribution is -2.22. The predicted molar refractivity (Wildman–Crippen MR) is 43.0 cm³/mol. The Bertz CT molecular complexity index is 312. The second-order valence-corrected chi connectivity index (χ2v) is 3.10. The van der Waals surface area contributed by atoms with Gasteiger partial charge in [-0.2, -0.15) is 0 Å². The molecule has 0 spiro atoms. The van der Waals surface area contributed by atoms with Crippen LogP contribution in [0.3, 0.4) is 0 Å². The molecule has 4 nitrogen and oxygen atoms in total. The number of nitrogens with one attached hydrogen (secondary N) is 1. The van der Waals surface area contributed by atoms with E-state index in [0.717, 1.165) is 11.3 Å². The van der Waals surface area contributed by atoms with Gasteiger partial charge in [-0.3, -0.25) is 9.59 Å². The van der Waals surface area contributed by atoms with Gasteiger partial charge in [0, 0.05) is 19.5 Å². The molecule has 0 aliphatic rings. The summed E-state index contributed by atoms with van der Waals surface area (Å²) in [6.07, 6.45) is 0. The van der Waals surface area contributed by atoms with Crippen LogP contribution in [0.2, 0.25) is 0 Å². The maximum atomic E-state index is 11.1. The number of H-pyrrole nitrogens is 1. The third-order valence-electron chi connectivity index (χ3n) is 1.16. The van der Waals surface area contributed by atoms with Crippen molar-refractivity contribution in [3.05, 3.63) is 20.7 Å². The largest absolute Gasteiger partial charge is 0.343 e. The fraction of sp³-hybridized carbons (Fsp3) is 0.333. The van der Waals surface area contributed by atoms with E-state index in [1.54, 1.807) is 14.1 Å². The highest BCUT2D eigenvalue weighted by Crippen LogP contribution is 1.97. The van der Waals surface area contributed by atoms with Crippen molar-refractivity contribution < 1.29 is 4.79 Å². The number of aromatic amines is 1. The van der Waals surface area contributed by atoms with Gasteiger partial charge < -0.3 is 9.88 Å². The zero-order chi connectivity index (χ0) is 8.43. The topological polar surface area (TPSA) is 53.2 Å². The SMILES string of the molecule is CN(C)C(=O)c1csc(=O)[nH]1. The molecule has 1 heterocycles. The lowest BCUT2D eigenvalue weighted by atomic mass is 10.4. The van der Waals surface area contributed by atoms with Gasteiger partial charge in [-0.05, 0) is 0 Å². The average Bonchev–Trinajstić information content (AvgIpc) is 2.34. The Labute approximate surface area is 67.5 Å². The third-order valence-corrected chi connectivity index (χ3v) is 1.83. The van der Waals surface area contributed by atoms with Gasteiger partial charge in [0.15, 0.2) is 0 Å². The van der Waals surface area contributed by atoms with Crippen LogP contribution in [-0.2, 0) is 0 Å². The summed E-state index contributed by atoms with van der Waals surface area (Å²) >= 11 is 0.992. The Hall–Kier alpha value is -1.10. The van der Waals surface area contributed by atoms with Crippen molar-refractivity contribution in [2.24, 2.45) is 0 Å². The first-order chi connectivity index (χ1) is 5.11. The van der Waals surface area contributed by atoms with Crippen LogP contribution in [0.25, 0.3) is 0 Å². The quantitative estimate of drug-likeness (QED) is 0.655. The Kier molecular flexibility index (Phi) is 2.09. The van der Waals surface area contributed by atoms with Crippen molar-refractivity contribution in [1.29, 1.82) is 0 Å². The van der Waals surface area contributed by atoms with Gasteiger partial charge in [0.25, 0.3) is 5.91 Å². The second-order valence-electron chi connectivity index (χ2n) is 2.26.